The lowest BCUT2D eigenvalue weighted by Crippen LogP contribution is -2.43. The second-order valence-electron chi connectivity index (χ2n) is 18.8. The summed E-state index contributed by atoms with van der Waals surface area (Å²) in [6.07, 6.45) is 5.23. The number of pyridine rings is 1. The van der Waals surface area contributed by atoms with Crippen LogP contribution in [-0.4, -0.2) is 99.4 Å². The summed E-state index contributed by atoms with van der Waals surface area (Å²) in [6.45, 7) is 13.6. The molecule has 5 aromatic rings. The first kappa shape index (κ1) is 50.4. The molecule has 0 spiro atoms. The van der Waals surface area contributed by atoms with E-state index in [0.717, 1.165) is 40.6 Å². The number of carbonyl (C=O) groups excluding carboxylic acids is 5. The van der Waals surface area contributed by atoms with E-state index in [4.69, 9.17) is 37.7 Å². The summed E-state index contributed by atoms with van der Waals surface area (Å²) in [4.78, 5) is 90.7. The van der Waals surface area contributed by atoms with Crippen LogP contribution in [0.2, 0.25) is 0 Å². The van der Waals surface area contributed by atoms with E-state index in [1.807, 2.05) is 13.0 Å². The van der Waals surface area contributed by atoms with Crippen molar-refractivity contribution in [1.82, 2.24) is 34.1 Å². The first-order chi connectivity index (χ1) is 32.4. The number of hydrogen-bond acceptors (Lipinski definition) is 13. The summed E-state index contributed by atoms with van der Waals surface area (Å²) < 4.78 is 13.4. The van der Waals surface area contributed by atoms with Gasteiger partial charge in [0.1, 0.15) is 28.4 Å². The number of hydrogen-bond donors (Lipinski definition) is 6. The molecule has 0 radical (unpaired) electrons. The van der Waals surface area contributed by atoms with Crippen LogP contribution in [0.15, 0.2) is 66.9 Å². The zero-order chi connectivity index (χ0) is 50.5. The van der Waals surface area contributed by atoms with Crippen molar-refractivity contribution in [3.05, 3.63) is 107 Å². The average Bonchev–Trinajstić information content (AvgIpc) is 3.82. The topological polar surface area (TPSA) is 312 Å². The van der Waals surface area contributed by atoms with Gasteiger partial charge in [-0.25, -0.2) is 38.7 Å². The molecule has 2 saturated heterocycles. The molecule has 2 aliphatic rings. The first-order valence-corrected chi connectivity index (χ1v) is 22.5. The number of likely N-dealkylation sites (tertiary alicyclic amines) is 2. The molecule has 2 fully saturated rings. The predicted molar refractivity (Wildman–Crippen MR) is 256 cm³/mol. The second-order valence-corrected chi connectivity index (χ2v) is 18.8. The summed E-state index contributed by atoms with van der Waals surface area (Å²) in [5.74, 6) is 10.7. The highest BCUT2D eigenvalue weighted by Gasteiger charge is 2.38. The molecule has 0 aliphatic carbocycles. The number of carboxylic acids is 1. The van der Waals surface area contributed by atoms with Crippen LogP contribution in [-0.2, 0) is 9.47 Å². The Morgan fingerprint density at radius 2 is 1.07 bits per heavy atom. The van der Waals surface area contributed by atoms with Crippen molar-refractivity contribution < 1.29 is 43.3 Å². The fourth-order valence-corrected chi connectivity index (χ4v) is 8.06. The maximum Gasteiger partial charge on any atom is 0.410 e. The number of aromatic nitrogens is 5. The number of piperidine rings is 2. The number of rotatable bonds is 9. The van der Waals surface area contributed by atoms with Crippen LogP contribution in [0, 0.1) is 6.92 Å². The number of amides is 5. The molecule has 2 aromatic carbocycles. The normalized spacial score (nSPS) is 16.2. The van der Waals surface area contributed by atoms with Gasteiger partial charge in [0.2, 0.25) is 0 Å². The van der Waals surface area contributed by atoms with Gasteiger partial charge in [-0.15, -0.1) is 0 Å². The first-order valence-electron chi connectivity index (χ1n) is 22.5. The molecule has 366 valence electrons. The zero-order valence-electron chi connectivity index (χ0n) is 39.8. The third-order valence-electron chi connectivity index (χ3n) is 11.2. The molecule has 2 aliphatic heterocycles. The molecule has 5 amide bonds. The van der Waals surface area contributed by atoms with E-state index in [2.05, 4.69) is 20.3 Å². The van der Waals surface area contributed by atoms with E-state index in [9.17, 15) is 28.8 Å². The van der Waals surface area contributed by atoms with Crippen LogP contribution < -0.4 is 28.5 Å². The summed E-state index contributed by atoms with van der Waals surface area (Å²) in [5, 5.41) is 11.9. The number of nitrogens with one attached hydrogen (secondary N) is 1. The van der Waals surface area contributed by atoms with E-state index in [1.165, 1.54) is 24.3 Å². The van der Waals surface area contributed by atoms with E-state index in [-0.39, 0.29) is 34.2 Å². The molecule has 2 unspecified atom stereocenters. The fraction of sp³-hybridized carbons (Fsp3) is 0.396. The number of anilines is 1. The second kappa shape index (κ2) is 20.5. The SMILES string of the molecule is CC(C)(C)OC(=O)N1CCCCC1c1nc(-c2ccc(C(=O)O)cc2)c(C(N)=O)n1N.Cc1ccnc(NC(=O)c2ccc(-c3nc(C4CCCCN4C(=O)OC(C)(C)C)n(N)c3C(N)=O)cc2)c1. The molecule has 0 saturated carbocycles. The molecule has 7 rings (SSSR count). The van der Waals surface area contributed by atoms with Crippen molar-refractivity contribution in [2.75, 3.05) is 30.1 Å². The molecule has 2 atom stereocenters. The molecule has 21 nitrogen and oxygen atoms in total. The van der Waals surface area contributed by atoms with Crippen molar-refractivity contribution in [2.45, 2.75) is 110 Å². The van der Waals surface area contributed by atoms with Crippen LogP contribution >= 0.6 is 0 Å². The Hall–Kier alpha value is -7.97. The van der Waals surface area contributed by atoms with Gasteiger partial charge < -0.3 is 43.0 Å². The maximum absolute atomic E-state index is 12.9. The molecule has 69 heavy (non-hydrogen) atoms. The van der Waals surface area contributed by atoms with E-state index in [0.29, 0.717) is 60.1 Å². The number of nitrogens with two attached hydrogens (primary N) is 4. The Morgan fingerprint density at radius 1 is 0.652 bits per heavy atom. The smallest absolute Gasteiger partial charge is 0.410 e. The van der Waals surface area contributed by atoms with Crippen LogP contribution in [0.1, 0.15) is 151 Å². The number of carbonyl (C=O) groups is 6. The van der Waals surface area contributed by atoms with E-state index < -0.39 is 53.3 Å². The minimum absolute atomic E-state index is 0.0101. The van der Waals surface area contributed by atoms with Crippen molar-refractivity contribution in [1.29, 1.82) is 0 Å². The largest absolute Gasteiger partial charge is 0.478 e. The maximum atomic E-state index is 12.9. The molecule has 3 aromatic heterocycles. The number of aryl methyl sites for hydroxylation is 1. The van der Waals surface area contributed by atoms with Crippen molar-refractivity contribution in [3.63, 3.8) is 0 Å². The number of primary amides is 2. The number of carboxylic acid groups (broad SMARTS) is 1. The predicted octanol–water partition coefficient (Wildman–Crippen LogP) is 6.30. The van der Waals surface area contributed by atoms with Gasteiger partial charge in [-0.1, -0.05) is 24.3 Å². The highest BCUT2D eigenvalue weighted by molar-refractivity contribution is 6.04. The Morgan fingerprint density at radius 3 is 1.45 bits per heavy atom. The van der Waals surface area contributed by atoms with Crippen LogP contribution in [0.3, 0.4) is 0 Å². The van der Waals surface area contributed by atoms with Crippen molar-refractivity contribution >= 4 is 41.7 Å². The van der Waals surface area contributed by atoms with E-state index >= 15 is 0 Å². The van der Waals surface area contributed by atoms with Gasteiger partial charge in [0, 0.05) is 36.0 Å². The summed E-state index contributed by atoms with van der Waals surface area (Å²) in [7, 11) is 0. The van der Waals surface area contributed by atoms with Crippen molar-refractivity contribution in [2.24, 2.45) is 11.5 Å². The van der Waals surface area contributed by atoms with E-state index in [1.54, 1.807) is 87.9 Å². The fourth-order valence-electron chi connectivity index (χ4n) is 8.06. The lowest BCUT2D eigenvalue weighted by Gasteiger charge is -2.36. The van der Waals surface area contributed by atoms with Crippen LogP contribution in [0.4, 0.5) is 15.4 Å². The number of imidazole rings is 2. The van der Waals surface area contributed by atoms with Gasteiger partial charge in [0.25, 0.3) is 17.7 Å². The van der Waals surface area contributed by atoms with Gasteiger partial charge in [0.05, 0.1) is 17.6 Å². The summed E-state index contributed by atoms with van der Waals surface area (Å²) in [5.41, 5.74) is 12.9. The Labute approximate surface area is 399 Å². The third-order valence-corrected chi connectivity index (χ3v) is 11.2. The third kappa shape index (κ3) is 12.0. The molecular formula is C48H60N12O9. The van der Waals surface area contributed by atoms with Crippen LogP contribution in [0.25, 0.3) is 22.5 Å². The number of nitrogens with zero attached hydrogens (tertiary/aromatic N) is 7. The van der Waals surface area contributed by atoms with Crippen LogP contribution in [0.5, 0.6) is 0 Å². The summed E-state index contributed by atoms with van der Waals surface area (Å²) in [6, 6.07) is 15.1. The molecular weight excluding hydrogens is 889 g/mol. The molecule has 21 heteroatoms. The minimum Gasteiger partial charge on any atom is -0.478 e. The summed E-state index contributed by atoms with van der Waals surface area (Å²) >= 11 is 0. The monoisotopic (exact) mass is 948 g/mol. The van der Waals surface area contributed by atoms with Crippen molar-refractivity contribution in [3.8, 4) is 22.5 Å². The van der Waals surface area contributed by atoms with Gasteiger partial charge in [0.15, 0.2) is 23.0 Å². The number of nitrogen functional groups attached to an aromatic ring is 2. The number of benzene rings is 2. The molecule has 10 N–H and O–H groups in total. The zero-order valence-corrected chi connectivity index (χ0v) is 39.8. The quantitative estimate of drug-likeness (QED) is 0.0884. The standard InChI is InChI=1S/C27H33N7O4.C21H27N5O5/c1-16-12-13-30-20(15-16)31-25(36)18-10-8-17(9-11-18)21-22(23(28)35)34(29)24(32-21)19-7-5-6-14-33(19)26(37)38-27(2,3)4;1-21(2,3)31-20(30)25-11-5-4-6-14(25)18-24-15(16(17(22)27)26(18)23)12-7-9-13(10-8-12)19(28)29/h8-13,15,19H,5-7,14,29H2,1-4H3,(H2,28,35)(H,30,31,36);7-10,14H,4-6,11,23H2,1-3H3,(H2,22,27)(H,28,29). The molecule has 5 heterocycles. The Kier molecular flexibility index (Phi) is 15.0. The van der Waals surface area contributed by atoms with Gasteiger partial charge in [-0.05, 0) is 129 Å². The number of aromatic carboxylic acids is 1. The molecule has 0 bridgehead atoms. The Balaban J connectivity index is 0.000000232. The lowest BCUT2D eigenvalue weighted by atomic mass is 10.0. The average molecular weight is 949 g/mol. The van der Waals surface area contributed by atoms with Gasteiger partial charge >= 0.3 is 18.2 Å². The Bertz CT molecular complexity index is 2730. The lowest BCUT2D eigenvalue weighted by molar-refractivity contribution is 0.00724. The number of ether oxygens (including phenoxy) is 2. The minimum atomic E-state index is -1.07. The van der Waals surface area contributed by atoms with Gasteiger partial charge in [-0.3, -0.25) is 24.2 Å². The van der Waals surface area contributed by atoms with Gasteiger partial charge in [-0.2, -0.15) is 0 Å². The highest BCUT2D eigenvalue weighted by atomic mass is 16.6. The highest BCUT2D eigenvalue weighted by Crippen LogP contribution is 2.36.